The molecule has 0 radical (unpaired) electrons. The molecule has 0 spiro atoms. The van der Waals surface area contributed by atoms with Crippen molar-refractivity contribution in [1.29, 1.82) is 0 Å². The number of para-hydroxylation sites is 1. The van der Waals surface area contributed by atoms with E-state index < -0.39 is 7.87 Å². The Bertz CT molecular complexity index is 795. The van der Waals surface area contributed by atoms with Gasteiger partial charge in [0.15, 0.2) is 0 Å². The molecule has 0 aliphatic carbocycles. The number of benzene rings is 1. The minimum atomic E-state index is -2.65. The molecule has 140 valence electrons. The number of nitrogens with zero attached hydrogens (tertiary/aromatic N) is 6. The van der Waals surface area contributed by atoms with E-state index in [2.05, 4.69) is 40.9 Å². The fourth-order valence-electron chi connectivity index (χ4n) is 5.01. The van der Waals surface area contributed by atoms with E-state index in [1.54, 1.807) is 0 Å². The van der Waals surface area contributed by atoms with Gasteiger partial charge in [-0.15, -0.1) is 0 Å². The Hall–Kier alpha value is -1.56. The predicted molar refractivity (Wildman–Crippen MR) is 104 cm³/mol. The Morgan fingerprint density at radius 2 is 1.50 bits per heavy atom. The molecule has 3 fully saturated rings. The van der Waals surface area contributed by atoms with Crippen molar-refractivity contribution in [3.8, 4) is 0 Å². The van der Waals surface area contributed by atoms with Gasteiger partial charge in [-0.2, -0.15) is 0 Å². The van der Waals surface area contributed by atoms with Crippen LogP contribution in [0.15, 0.2) is 24.3 Å². The molecule has 26 heavy (non-hydrogen) atoms. The molecule has 1 aromatic heterocycles. The van der Waals surface area contributed by atoms with Crippen molar-refractivity contribution in [2.45, 2.75) is 38.5 Å². The topological polar surface area (TPSA) is 57.5 Å². The molecular weight excluding hydrogens is 347 g/mol. The Labute approximate surface area is 154 Å². The Balaban J connectivity index is 1.76. The molecule has 3 aliphatic heterocycles. The van der Waals surface area contributed by atoms with Crippen molar-refractivity contribution >= 4 is 24.8 Å². The van der Waals surface area contributed by atoms with Crippen molar-refractivity contribution in [2.75, 3.05) is 32.7 Å². The zero-order valence-corrected chi connectivity index (χ0v) is 16.2. The van der Waals surface area contributed by atoms with Crippen LogP contribution in [0.5, 0.6) is 0 Å². The second-order valence-electron chi connectivity index (χ2n) is 7.63. The van der Waals surface area contributed by atoms with E-state index in [9.17, 15) is 4.79 Å². The maximum atomic E-state index is 13.0. The normalized spacial score (nSPS) is 23.5. The third-order valence-electron chi connectivity index (χ3n) is 6.13. The van der Waals surface area contributed by atoms with Crippen LogP contribution in [0.1, 0.15) is 38.5 Å². The average Bonchev–Trinajstić information content (AvgIpc) is 3.46. The van der Waals surface area contributed by atoms with Crippen LogP contribution in [0, 0.1) is 0 Å². The van der Waals surface area contributed by atoms with E-state index in [1.165, 1.54) is 25.7 Å². The van der Waals surface area contributed by atoms with E-state index >= 15 is 0 Å². The van der Waals surface area contributed by atoms with Gasteiger partial charge in [-0.05, 0) is 0 Å². The van der Waals surface area contributed by atoms with E-state index in [1.807, 2.05) is 12.1 Å². The summed E-state index contributed by atoms with van der Waals surface area (Å²) in [5.74, 6) is 0.301. The summed E-state index contributed by atoms with van der Waals surface area (Å²) in [4.78, 5) is 13.0. The van der Waals surface area contributed by atoms with Crippen LogP contribution in [-0.2, 0) is 4.79 Å². The van der Waals surface area contributed by atoms with Crippen LogP contribution >= 0.6 is 7.87 Å². The molecule has 0 N–H and O–H groups in total. The van der Waals surface area contributed by atoms with Gasteiger partial charge < -0.3 is 0 Å². The third-order valence-corrected chi connectivity index (χ3v) is 10.8. The molecule has 1 amide bonds. The number of aromatic nitrogens is 3. The van der Waals surface area contributed by atoms with Gasteiger partial charge in [-0.3, -0.25) is 0 Å². The van der Waals surface area contributed by atoms with Crippen molar-refractivity contribution in [3.63, 3.8) is 0 Å². The summed E-state index contributed by atoms with van der Waals surface area (Å²) in [5.41, 5.74) is 1.99. The number of fused-ring (bicyclic) bond motifs is 1. The predicted octanol–water partition coefficient (Wildman–Crippen LogP) is 2.50. The first-order valence-corrected chi connectivity index (χ1v) is 11.7. The zero-order valence-electron chi connectivity index (χ0n) is 15.2. The average molecular weight is 374 g/mol. The van der Waals surface area contributed by atoms with E-state index in [-0.39, 0.29) is 0 Å². The first-order valence-electron chi connectivity index (χ1n) is 9.93. The van der Waals surface area contributed by atoms with Crippen molar-refractivity contribution in [1.82, 2.24) is 28.8 Å². The zero-order chi connectivity index (χ0) is 17.6. The van der Waals surface area contributed by atoms with Gasteiger partial charge in [-0.25, -0.2) is 0 Å². The van der Waals surface area contributed by atoms with E-state index in [4.69, 9.17) is 0 Å². The fraction of sp³-hybridized carbons (Fsp3) is 0.611. The van der Waals surface area contributed by atoms with Crippen LogP contribution in [-0.4, -0.2) is 67.4 Å². The van der Waals surface area contributed by atoms with Gasteiger partial charge >= 0.3 is 154 Å². The molecule has 5 rings (SSSR count). The fourth-order valence-corrected chi connectivity index (χ4v) is 10.3. The van der Waals surface area contributed by atoms with Gasteiger partial charge in [0.25, 0.3) is 0 Å². The molecule has 1 aromatic carbocycles. The summed E-state index contributed by atoms with van der Waals surface area (Å²) in [6, 6.07) is 8.21. The Kier molecular flexibility index (Phi) is 4.18. The summed E-state index contributed by atoms with van der Waals surface area (Å²) < 4.78 is 9.64. The van der Waals surface area contributed by atoms with Gasteiger partial charge in [0.05, 0.1) is 0 Å². The number of amides is 1. The molecule has 7 nitrogen and oxygen atoms in total. The number of rotatable bonds is 4. The second-order valence-corrected chi connectivity index (χ2v) is 11.1. The standard InChI is InChI=1S/C18H27N6OP/c25-18-10-7-15-23(18)26(21-11-3-4-12-21,22-13-5-6-14-22)24-17-9-2-1-8-16(17)19-20-24/h1-2,8-9,26H,3-7,10-15H2. The van der Waals surface area contributed by atoms with Crippen LogP contribution in [0.3, 0.4) is 0 Å². The van der Waals surface area contributed by atoms with Crippen LogP contribution in [0.4, 0.5) is 0 Å². The molecule has 3 aliphatic rings. The van der Waals surface area contributed by atoms with Crippen LogP contribution < -0.4 is 0 Å². The van der Waals surface area contributed by atoms with Gasteiger partial charge in [0.1, 0.15) is 0 Å². The summed E-state index contributed by atoms with van der Waals surface area (Å²) in [6.07, 6.45) is 6.45. The number of carbonyl (C=O) groups excluding carboxylic acids is 1. The van der Waals surface area contributed by atoms with Gasteiger partial charge in [0, 0.05) is 0 Å². The Morgan fingerprint density at radius 1 is 0.846 bits per heavy atom. The summed E-state index contributed by atoms with van der Waals surface area (Å²) in [7, 11) is -2.65. The number of hydrogen-bond donors (Lipinski definition) is 0. The Morgan fingerprint density at radius 3 is 2.12 bits per heavy atom. The summed E-state index contributed by atoms with van der Waals surface area (Å²) >= 11 is 0. The minimum absolute atomic E-state index is 0.301. The molecule has 4 heterocycles. The van der Waals surface area contributed by atoms with Crippen molar-refractivity contribution in [3.05, 3.63) is 24.3 Å². The van der Waals surface area contributed by atoms with Gasteiger partial charge in [-0.1, -0.05) is 0 Å². The van der Waals surface area contributed by atoms with Crippen LogP contribution in [0.2, 0.25) is 0 Å². The molecule has 2 aromatic rings. The summed E-state index contributed by atoms with van der Waals surface area (Å²) in [6.45, 7) is 5.08. The van der Waals surface area contributed by atoms with Crippen LogP contribution in [0.25, 0.3) is 11.0 Å². The van der Waals surface area contributed by atoms with E-state index in [0.717, 1.165) is 50.2 Å². The second kappa shape index (κ2) is 6.55. The van der Waals surface area contributed by atoms with Crippen molar-refractivity contribution in [2.24, 2.45) is 0 Å². The SMILES string of the molecule is O=C1CCCN1[PH](N1CCCC1)(N1CCCC1)n1nnc2ccccc21. The first kappa shape index (κ1) is 16.6. The number of carbonyl (C=O) groups is 1. The molecule has 8 heteroatoms. The van der Waals surface area contributed by atoms with Gasteiger partial charge in [0.2, 0.25) is 0 Å². The molecule has 0 unspecified atom stereocenters. The molecule has 0 atom stereocenters. The maximum absolute atomic E-state index is 13.0. The van der Waals surface area contributed by atoms with E-state index in [0.29, 0.717) is 12.3 Å². The van der Waals surface area contributed by atoms with Crippen molar-refractivity contribution < 1.29 is 4.79 Å². The molecule has 0 saturated carbocycles. The third kappa shape index (κ3) is 2.34. The quantitative estimate of drug-likeness (QED) is 0.770. The first-order chi connectivity index (χ1) is 12.8. The molecular formula is C18H27N6OP. The number of hydrogen-bond acceptors (Lipinski definition) is 5. The molecule has 3 saturated heterocycles. The summed E-state index contributed by atoms with van der Waals surface area (Å²) in [5, 5.41) is 9.17. The molecule has 0 bridgehead atoms. The monoisotopic (exact) mass is 374 g/mol.